The first-order valence-electron chi connectivity index (χ1n) is 7.50. The van der Waals surface area contributed by atoms with Crippen LogP contribution >= 0.6 is 11.6 Å². The van der Waals surface area contributed by atoms with Crippen LogP contribution in [0.3, 0.4) is 0 Å². The van der Waals surface area contributed by atoms with Crippen LogP contribution in [-0.4, -0.2) is 15.9 Å². The summed E-state index contributed by atoms with van der Waals surface area (Å²) in [5.41, 5.74) is 2.15. The number of aryl methyl sites for hydroxylation is 1. The van der Waals surface area contributed by atoms with E-state index in [4.69, 9.17) is 16.3 Å². The van der Waals surface area contributed by atoms with Crippen LogP contribution in [0.25, 0.3) is 11.0 Å². The number of para-hydroxylation sites is 2. The quantitative estimate of drug-likeness (QED) is 0.722. The van der Waals surface area contributed by atoms with Crippen molar-refractivity contribution in [3.63, 3.8) is 0 Å². The average Bonchev–Trinajstić information content (AvgIpc) is 2.59. The van der Waals surface area contributed by atoms with Crippen LogP contribution in [0.1, 0.15) is 17.7 Å². The molecule has 1 aromatic heterocycles. The fourth-order valence-corrected chi connectivity index (χ4v) is 2.49. The van der Waals surface area contributed by atoms with E-state index in [0.717, 1.165) is 5.56 Å². The molecule has 0 radical (unpaired) electrons. The Morgan fingerprint density at radius 2 is 1.88 bits per heavy atom. The summed E-state index contributed by atoms with van der Waals surface area (Å²) >= 11 is 6.01. The number of hydrogen-bond donors (Lipinski definition) is 1. The van der Waals surface area contributed by atoms with E-state index >= 15 is 0 Å². The number of ether oxygens (including phenoxy) is 1. The van der Waals surface area contributed by atoms with Gasteiger partial charge in [0.05, 0.1) is 17.5 Å². The topological polar surface area (TPSA) is 72.0 Å². The Kier molecular flexibility index (Phi) is 4.91. The smallest absolute Gasteiger partial charge is 0.306 e. The second kappa shape index (κ2) is 7.27. The van der Waals surface area contributed by atoms with Crippen molar-refractivity contribution in [3.8, 4) is 0 Å². The standard InChI is InChI=1S/C18H15ClN2O3/c19-13-6-2-1-5-12(13)11-24-17(22)10-9-16-18(23)21-15-8-4-3-7-14(15)20-16/h1-8H,9-11H2,(H,21,23). The highest BCUT2D eigenvalue weighted by Gasteiger charge is 2.10. The zero-order chi connectivity index (χ0) is 16.9. The summed E-state index contributed by atoms with van der Waals surface area (Å²) in [5.74, 6) is -0.399. The van der Waals surface area contributed by atoms with Crippen molar-refractivity contribution in [2.45, 2.75) is 19.4 Å². The Morgan fingerprint density at radius 1 is 1.12 bits per heavy atom. The molecule has 122 valence electrons. The molecule has 0 spiro atoms. The molecule has 24 heavy (non-hydrogen) atoms. The first kappa shape index (κ1) is 16.2. The van der Waals surface area contributed by atoms with Crippen LogP contribution in [0, 0.1) is 0 Å². The summed E-state index contributed by atoms with van der Waals surface area (Å²) in [6, 6.07) is 14.4. The molecule has 0 aliphatic carbocycles. The van der Waals surface area contributed by atoms with Gasteiger partial charge in [-0.3, -0.25) is 9.59 Å². The molecule has 1 heterocycles. The summed E-state index contributed by atoms with van der Waals surface area (Å²) in [7, 11) is 0. The van der Waals surface area contributed by atoms with Gasteiger partial charge in [-0.15, -0.1) is 0 Å². The minimum Gasteiger partial charge on any atom is -0.461 e. The number of esters is 1. The van der Waals surface area contributed by atoms with E-state index in [2.05, 4.69) is 9.97 Å². The molecule has 6 heteroatoms. The van der Waals surface area contributed by atoms with Gasteiger partial charge in [0.15, 0.2) is 0 Å². The maximum Gasteiger partial charge on any atom is 0.306 e. The number of aromatic amines is 1. The fourth-order valence-electron chi connectivity index (χ4n) is 2.30. The highest BCUT2D eigenvalue weighted by molar-refractivity contribution is 6.31. The molecule has 2 aromatic carbocycles. The zero-order valence-corrected chi connectivity index (χ0v) is 13.5. The number of H-pyrrole nitrogens is 1. The predicted octanol–water partition coefficient (Wildman–Crippen LogP) is 3.25. The van der Waals surface area contributed by atoms with Crippen LogP contribution in [0.4, 0.5) is 0 Å². The van der Waals surface area contributed by atoms with Gasteiger partial charge < -0.3 is 9.72 Å². The van der Waals surface area contributed by atoms with Gasteiger partial charge in [0.2, 0.25) is 0 Å². The van der Waals surface area contributed by atoms with Crippen LogP contribution in [0.15, 0.2) is 53.3 Å². The van der Waals surface area contributed by atoms with Crippen molar-refractivity contribution < 1.29 is 9.53 Å². The number of hydrogen-bond acceptors (Lipinski definition) is 4. The second-order valence-corrected chi connectivity index (χ2v) is 5.69. The number of nitrogens with one attached hydrogen (secondary N) is 1. The highest BCUT2D eigenvalue weighted by Crippen LogP contribution is 2.16. The molecule has 0 unspecified atom stereocenters. The average molecular weight is 343 g/mol. The van der Waals surface area contributed by atoms with E-state index in [9.17, 15) is 9.59 Å². The van der Waals surface area contributed by atoms with E-state index in [1.807, 2.05) is 30.3 Å². The lowest BCUT2D eigenvalue weighted by molar-refractivity contribution is -0.144. The van der Waals surface area contributed by atoms with Gasteiger partial charge in [0.1, 0.15) is 12.3 Å². The van der Waals surface area contributed by atoms with Crippen molar-refractivity contribution in [3.05, 3.63) is 75.2 Å². The summed E-state index contributed by atoms with van der Waals surface area (Å²) in [5, 5.41) is 0.554. The maximum atomic E-state index is 12.0. The first-order valence-corrected chi connectivity index (χ1v) is 7.88. The van der Waals surface area contributed by atoms with Crippen LogP contribution in [0.2, 0.25) is 5.02 Å². The summed E-state index contributed by atoms with van der Waals surface area (Å²) in [6.07, 6.45) is 0.306. The third-order valence-electron chi connectivity index (χ3n) is 3.58. The van der Waals surface area contributed by atoms with Crippen molar-refractivity contribution >= 4 is 28.6 Å². The van der Waals surface area contributed by atoms with E-state index in [1.165, 1.54) is 0 Å². The third-order valence-corrected chi connectivity index (χ3v) is 3.95. The molecule has 5 nitrogen and oxygen atoms in total. The maximum absolute atomic E-state index is 12.0. The Labute approximate surface area is 143 Å². The normalized spacial score (nSPS) is 10.7. The van der Waals surface area contributed by atoms with Crippen LogP contribution in [-0.2, 0) is 22.6 Å². The summed E-state index contributed by atoms with van der Waals surface area (Å²) < 4.78 is 5.19. The molecule has 0 saturated heterocycles. The monoisotopic (exact) mass is 342 g/mol. The Morgan fingerprint density at radius 3 is 2.71 bits per heavy atom. The molecule has 0 bridgehead atoms. The largest absolute Gasteiger partial charge is 0.461 e. The molecule has 0 aliphatic heterocycles. The molecule has 3 aromatic rings. The lowest BCUT2D eigenvalue weighted by Gasteiger charge is -2.06. The van der Waals surface area contributed by atoms with Gasteiger partial charge in [0.25, 0.3) is 5.56 Å². The van der Waals surface area contributed by atoms with Crippen LogP contribution in [0.5, 0.6) is 0 Å². The molecule has 1 N–H and O–H groups in total. The minimum atomic E-state index is -0.399. The van der Waals surface area contributed by atoms with E-state index in [-0.39, 0.29) is 25.0 Å². The van der Waals surface area contributed by atoms with Gasteiger partial charge in [-0.2, -0.15) is 0 Å². The van der Waals surface area contributed by atoms with Gasteiger partial charge >= 0.3 is 5.97 Å². The first-order chi connectivity index (χ1) is 11.6. The molecule has 0 fully saturated rings. The predicted molar refractivity (Wildman–Crippen MR) is 91.9 cm³/mol. The molecule has 0 aliphatic rings. The number of nitrogens with zero attached hydrogens (tertiary/aromatic N) is 1. The lowest BCUT2D eigenvalue weighted by Crippen LogP contribution is -2.17. The third kappa shape index (κ3) is 3.81. The highest BCUT2D eigenvalue weighted by atomic mass is 35.5. The number of halogens is 1. The molecular formula is C18H15ClN2O3. The van der Waals surface area contributed by atoms with Gasteiger partial charge in [-0.25, -0.2) is 4.98 Å². The lowest BCUT2D eigenvalue weighted by atomic mass is 10.2. The second-order valence-electron chi connectivity index (χ2n) is 5.28. The fraction of sp³-hybridized carbons (Fsp3) is 0.167. The van der Waals surface area contributed by atoms with E-state index < -0.39 is 5.97 Å². The van der Waals surface area contributed by atoms with Crippen molar-refractivity contribution in [1.29, 1.82) is 0 Å². The van der Waals surface area contributed by atoms with Crippen LogP contribution < -0.4 is 5.56 Å². The molecular weight excluding hydrogens is 328 g/mol. The minimum absolute atomic E-state index is 0.0822. The number of carbonyl (C=O) groups is 1. The molecule has 0 atom stereocenters. The Balaban J connectivity index is 1.61. The molecule has 0 amide bonds. The number of fused-ring (bicyclic) bond motifs is 1. The van der Waals surface area contributed by atoms with Gasteiger partial charge in [-0.05, 0) is 18.2 Å². The zero-order valence-electron chi connectivity index (χ0n) is 12.8. The van der Waals surface area contributed by atoms with Gasteiger partial charge in [0, 0.05) is 17.0 Å². The Hall–Kier alpha value is -2.66. The summed E-state index contributed by atoms with van der Waals surface area (Å²) in [4.78, 5) is 30.9. The van der Waals surface area contributed by atoms with Crippen molar-refractivity contribution in [2.75, 3.05) is 0 Å². The van der Waals surface area contributed by atoms with E-state index in [0.29, 0.717) is 21.7 Å². The number of benzene rings is 2. The SMILES string of the molecule is O=C(CCc1nc2ccccc2[nH]c1=O)OCc1ccccc1Cl. The van der Waals surface area contributed by atoms with E-state index in [1.54, 1.807) is 18.2 Å². The Bertz CT molecular complexity index is 937. The molecule has 0 saturated carbocycles. The number of carbonyl (C=O) groups excluding carboxylic acids is 1. The summed E-state index contributed by atoms with van der Waals surface area (Å²) in [6.45, 7) is 0.111. The van der Waals surface area contributed by atoms with Gasteiger partial charge in [-0.1, -0.05) is 41.9 Å². The number of aromatic nitrogens is 2. The number of rotatable bonds is 5. The van der Waals surface area contributed by atoms with Crippen molar-refractivity contribution in [2.24, 2.45) is 0 Å². The molecule has 3 rings (SSSR count). The van der Waals surface area contributed by atoms with Crippen molar-refractivity contribution in [1.82, 2.24) is 9.97 Å².